The summed E-state index contributed by atoms with van der Waals surface area (Å²) in [7, 11) is 1.74. The van der Waals surface area contributed by atoms with Crippen LogP contribution in [-0.4, -0.2) is 51.8 Å². The summed E-state index contributed by atoms with van der Waals surface area (Å²) in [5.74, 6) is -0.306. The van der Waals surface area contributed by atoms with Crippen LogP contribution in [0.2, 0.25) is 0 Å². The summed E-state index contributed by atoms with van der Waals surface area (Å²) in [4.78, 5) is 30.2. The summed E-state index contributed by atoms with van der Waals surface area (Å²) >= 11 is 1.57. The Hall–Kier alpha value is -2.28. The molecule has 0 saturated heterocycles. The number of esters is 1. The minimum atomic E-state index is -0.480. The molecule has 0 spiro atoms. The molecule has 1 aromatic heterocycles. The number of hydrogen-bond acceptors (Lipinski definition) is 5. The van der Waals surface area contributed by atoms with Crippen LogP contribution in [0.3, 0.4) is 0 Å². The van der Waals surface area contributed by atoms with E-state index in [1.165, 1.54) is 0 Å². The Morgan fingerprint density at radius 1 is 1.22 bits per heavy atom. The number of carbonyl (C=O) groups is 2. The van der Waals surface area contributed by atoms with Crippen molar-refractivity contribution in [2.75, 3.05) is 19.8 Å². The van der Waals surface area contributed by atoms with Crippen LogP contribution in [0.1, 0.15) is 44.0 Å². The number of amides is 1. The lowest BCUT2D eigenvalue weighted by Crippen LogP contribution is -2.29. The van der Waals surface area contributed by atoms with Crippen molar-refractivity contribution in [2.24, 2.45) is 0 Å². The fourth-order valence-electron chi connectivity index (χ4n) is 2.58. The maximum atomic E-state index is 12.6. The SMILES string of the molecule is CSc1nccn1-c1ccc(C(=O)N(C)CCCC(=O)OC(C)(C)C)cc1. The second-order valence-corrected chi connectivity index (χ2v) is 8.02. The highest BCUT2D eigenvalue weighted by Crippen LogP contribution is 2.19. The Morgan fingerprint density at radius 3 is 2.48 bits per heavy atom. The molecule has 146 valence electrons. The van der Waals surface area contributed by atoms with E-state index in [9.17, 15) is 9.59 Å². The van der Waals surface area contributed by atoms with Crippen LogP contribution in [0, 0.1) is 0 Å². The zero-order chi connectivity index (χ0) is 20.0. The normalized spacial score (nSPS) is 11.3. The first-order valence-electron chi connectivity index (χ1n) is 8.86. The van der Waals surface area contributed by atoms with Crippen LogP contribution in [0.15, 0.2) is 41.8 Å². The third-order valence-electron chi connectivity index (χ3n) is 3.82. The predicted molar refractivity (Wildman–Crippen MR) is 107 cm³/mol. The first-order valence-corrected chi connectivity index (χ1v) is 10.1. The van der Waals surface area contributed by atoms with Crippen LogP contribution in [0.25, 0.3) is 5.69 Å². The van der Waals surface area contributed by atoms with Crippen molar-refractivity contribution in [3.63, 3.8) is 0 Å². The smallest absolute Gasteiger partial charge is 0.306 e. The van der Waals surface area contributed by atoms with Gasteiger partial charge in [-0.2, -0.15) is 0 Å². The van der Waals surface area contributed by atoms with Gasteiger partial charge in [0.2, 0.25) is 0 Å². The van der Waals surface area contributed by atoms with Gasteiger partial charge < -0.3 is 9.64 Å². The number of ether oxygens (including phenoxy) is 1. The summed E-state index contributed by atoms with van der Waals surface area (Å²) in [6, 6.07) is 7.44. The highest BCUT2D eigenvalue weighted by atomic mass is 32.2. The van der Waals surface area contributed by atoms with Gasteiger partial charge in [0.1, 0.15) is 5.60 Å². The Kier molecular flexibility index (Phi) is 7.07. The molecule has 0 aliphatic carbocycles. The van der Waals surface area contributed by atoms with Crippen molar-refractivity contribution in [3.05, 3.63) is 42.2 Å². The number of carbonyl (C=O) groups excluding carboxylic acids is 2. The fraction of sp³-hybridized carbons (Fsp3) is 0.450. The van der Waals surface area contributed by atoms with Crippen LogP contribution >= 0.6 is 11.8 Å². The molecule has 7 heteroatoms. The average Bonchev–Trinajstić information content (AvgIpc) is 3.08. The number of thioether (sulfide) groups is 1. The van der Waals surface area contributed by atoms with Gasteiger partial charge in [-0.1, -0.05) is 11.8 Å². The van der Waals surface area contributed by atoms with Crippen LogP contribution in [-0.2, 0) is 9.53 Å². The largest absolute Gasteiger partial charge is 0.460 e. The van der Waals surface area contributed by atoms with Crippen molar-refractivity contribution in [1.82, 2.24) is 14.5 Å². The van der Waals surface area contributed by atoms with Crippen LogP contribution in [0.4, 0.5) is 0 Å². The van der Waals surface area contributed by atoms with E-state index in [1.54, 1.807) is 29.9 Å². The summed E-state index contributed by atoms with van der Waals surface area (Å²) in [6.07, 6.45) is 6.49. The summed E-state index contributed by atoms with van der Waals surface area (Å²) in [5.41, 5.74) is 1.09. The number of hydrogen-bond donors (Lipinski definition) is 0. The van der Waals surface area contributed by atoms with Gasteiger partial charge in [-0.05, 0) is 57.7 Å². The van der Waals surface area contributed by atoms with E-state index < -0.39 is 5.60 Å². The van der Waals surface area contributed by atoms with Gasteiger partial charge in [0.05, 0.1) is 0 Å². The molecule has 0 fully saturated rings. The van der Waals surface area contributed by atoms with Crippen molar-refractivity contribution >= 4 is 23.6 Å². The number of imidazole rings is 1. The molecular formula is C20H27N3O3S. The number of rotatable bonds is 7. The standard InChI is InChI=1S/C20H27N3O3S/c1-20(2,3)26-17(24)7-6-13-22(4)18(25)15-8-10-16(11-9-15)23-14-12-21-19(23)27-5/h8-12,14H,6-7,13H2,1-5H3. The summed E-state index contributed by atoms with van der Waals surface area (Å²) in [5, 5.41) is 0.897. The van der Waals surface area contributed by atoms with Crippen LogP contribution in [0.5, 0.6) is 0 Å². The van der Waals surface area contributed by atoms with E-state index in [0.717, 1.165) is 10.8 Å². The molecule has 2 rings (SSSR count). The molecule has 0 unspecified atom stereocenters. The molecule has 0 saturated carbocycles. The van der Waals surface area contributed by atoms with Gasteiger partial charge in [-0.25, -0.2) is 4.98 Å². The topological polar surface area (TPSA) is 64.4 Å². The van der Waals surface area contributed by atoms with Crippen LogP contribution < -0.4 is 0 Å². The molecule has 2 aromatic rings. The van der Waals surface area contributed by atoms with Gasteiger partial charge in [0.15, 0.2) is 5.16 Å². The third kappa shape index (κ3) is 6.13. The Morgan fingerprint density at radius 2 is 1.89 bits per heavy atom. The van der Waals surface area contributed by atoms with Gasteiger partial charge in [0.25, 0.3) is 5.91 Å². The highest BCUT2D eigenvalue weighted by Gasteiger charge is 2.17. The molecule has 0 atom stereocenters. The molecule has 6 nitrogen and oxygen atoms in total. The molecule has 27 heavy (non-hydrogen) atoms. The minimum absolute atomic E-state index is 0.0681. The maximum absolute atomic E-state index is 12.6. The lowest BCUT2D eigenvalue weighted by Gasteiger charge is -2.20. The van der Waals surface area contributed by atoms with E-state index in [4.69, 9.17) is 4.74 Å². The minimum Gasteiger partial charge on any atom is -0.460 e. The Bertz CT molecular complexity index is 779. The molecule has 0 aliphatic rings. The van der Waals surface area contributed by atoms with E-state index in [0.29, 0.717) is 24.9 Å². The van der Waals surface area contributed by atoms with E-state index in [1.807, 2.05) is 62.1 Å². The molecule has 0 bridgehead atoms. The number of benzene rings is 1. The maximum Gasteiger partial charge on any atom is 0.306 e. The summed E-state index contributed by atoms with van der Waals surface area (Å²) < 4.78 is 7.26. The van der Waals surface area contributed by atoms with E-state index >= 15 is 0 Å². The predicted octanol–water partition coefficient (Wildman–Crippen LogP) is 3.79. The Balaban J connectivity index is 1.90. The zero-order valence-electron chi connectivity index (χ0n) is 16.6. The summed E-state index contributed by atoms with van der Waals surface area (Å²) in [6.45, 7) is 6.03. The molecule has 0 aliphatic heterocycles. The quantitative estimate of drug-likeness (QED) is 0.532. The monoisotopic (exact) mass is 389 g/mol. The van der Waals surface area contributed by atoms with Crippen molar-refractivity contribution in [1.29, 1.82) is 0 Å². The van der Waals surface area contributed by atoms with Crippen molar-refractivity contribution in [3.8, 4) is 5.69 Å². The first-order chi connectivity index (χ1) is 12.7. The number of aromatic nitrogens is 2. The molecule has 1 heterocycles. The first kappa shape index (κ1) is 21.0. The second kappa shape index (κ2) is 9.08. The van der Waals surface area contributed by atoms with Crippen molar-refractivity contribution < 1.29 is 14.3 Å². The van der Waals surface area contributed by atoms with Gasteiger partial charge >= 0.3 is 5.97 Å². The second-order valence-electron chi connectivity index (χ2n) is 7.25. The fourth-order valence-corrected chi connectivity index (χ4v) is 3.11. The van der Waals surface area contributed by atoms with Gasteiger partial charge in [0, 0.05) is 43.7 Å². The number of nitrogens with zero attached hydrogens (tertiary/aromatic N) is 3. The van der Waals surface area contributed by atoms with E-state index in [2.05, 4.69) is 4.98 Å². The highest BCUT2D eigenvalue weighted by molar-refractivity contribution is 7.98. The van der Waals surface area contributed by atoms with Crippen molar-refractivity contribution in [2.45, 2.75) is 44.4 Å². The van der Waals surface area contributed by atoms with Gasteiger partial charge in [-0.3, -0.25) is 14.2 Å². The zero-order valence-corrected chi connectivity index (χ0v) is 17.4. The Labute approximate surface area is 164 Å². The average molecular weight is 390 g/mol. The van der Waals surface area contributed by atoms with E-state index in [-0.39, 0.29) is 11.9 Å². The molecule has 0 N–H and O–H groups in total. The lowest BCUT2D eigenvalue weighted by molar-refractivity contribution is -0.154. The molecule has 1 amide bonds. The van der Waals surface area contributed by atoms with Gasteiger partial charge in [-0.15, -0.1) is 0 Å². The lowest BCUT2D eigenvalue weighted by atomic mass is 10.1. The molecule has 1 aromatic carbocycles. The molecular weight excluding hydrogens is 362 g/mol. The third-order valence-corrected chi connectivity index (χ3v) is 4.49. The molecule has 0 radical (unpaired) electrons.